The van der Waals surface area contributed by atoms with Crippen molar-refractivity contribution >= 4 is 11.8 Å². The molecule has 1 unspecified atom stereocenters. The van der Waals surface area contributed by atoms with Crippen LogP contribution in [-0.2, 0) is 9.47 Å². The highest BCUT2D eigenvalue weighted by molar-refractivity contribution is 7.99. The van der Waals surface area contributed by atoms with E-state index in [1.165, 1.54) is 11.5 Å². The third-order valence-electron chi connectivity index (χ3n) is 2.96. The van der Waals surface area contributed by atoms with E-state index in [0.717, 1.165) is 45.7 Å². The van der Waals surface area contributed by atoms with Crippen molar-refractivity contribution in [1.29, 1.82) is 0 Å². The Balaban J connectivity index is 4.09. The molecule has 18 heavy (non-hydrogen) atoms. The lowest BCUT2D eigenvalue weighted by atomic mass is 10.2. The molecule has 0 aromatic heterocycles. The van der Waals surface area contributed by atoms with Crippen LogP contribution in [-0.4, -0.2) is 69.5 Å². The van der Waals surface area contributed by atoms with Crippen molar-refractivity contribution in [2.75, 3.05) is 58.6 Å². The zero-order valence-corrected chi connectivity index (χ0v) is 13.0. The predicted molar refractivity (Wildman–Crippen MR) is 80.4 cm³/mol. The van der Waals surface area contributed by atoms with Crippen LogP contribution in [0.4, 0.5) is 0 Å². The third kappa shape index (κ3) is 9.16. The summed E-state index contributed by atoms with van der Waals surface area (Å²) in [6, 6.07) is 0.469. The Labute approximate surface area is 117 Å². The molecule has 0 saturated carbocycles. The Morgan fingerprint density at radius 3 is 2.44 bits per heavy atom. The lowest BCUT2D eigenvalue weighted by molar-refractivity contribution is 0.107. The van der Waals surface area contributed by atoms with Crippen LogP contribution in [0.5, 0.6) is 0 Å². The molecule has 0 fully saturated rings. The Hall–Kier alpha value is 0.190. The van der Waals surface area contributed by atoms with Crippen molar-refractivity contribution in [2.24, 2.45) is 5.73 Å². The quantitative estimate of drug-likeness (QED) is 0.517. The summed E-state index contributed by atoms with van der Waals surface area (Å²) >= 11 is 1.98. The number of rotatable bonds is 13. The molecule has 0 aromatic rings. The van der Waals surface area contributed by atoms with Crippen LogP contribution in [0, 0.1) is 0 Å². The molecular formula is C13H30N2O2S. The van der Waals surface area contributed by atoms with Gasteiger partial charge in [-0.15, -0.1) is 0 Å². The van der Waals surface area contributed by atoms with Gasteiger partial charge in [0, 0.05) is 46.5 Å². The fourth-order valence-corrected chi connectivity index (χ4v) is 2.64. The third-order valence-corrected chi connectivity index (χ3v) is 3.90. The molecule has 0 aromatic carbocycles. The summed E-state index contributed by atoms with van der Waals surface area (Å²) in [4.78, 5) is 2.44. The van der Waals surface area contributed by atoms with Crippen molar-refractivity contribution in [3.8, 4) is 0 Å². The van der Waals surface area contributed by atoms with Crippen LogP contribution >= 0.6 is 11.8 Å². The van der Waals surface area contributed by atoms with Crippen molar-refractivity contribution in [3.05, 3.63) is 0 Å². The Morgan fingerprint density at radius 2 is 1.89 bits per heavy atom. The summed E-state index contributed by atoms with van der Waals surface area (Å²) in [6.45, 7) is 6.49. The second kappa shape index (κ2) is 13.6. The van der Waals surface area contributed by atoms with E-state index in [0.29, 0.717) is 6.04 Å². The zero-order chi connectivity index (χ0) is 13.6. The molecule has 0 bridgehead atoms. The summed E-state index contributed by atoms with van der Waals surface area (Å²) in [6.07, 6.45) is 2.21. The van der Waals surface area contributed by atoms with Gasteiger partial charge in [-0.3, -0.25) is 4.90 Å². The van der Waals surface area contributed by atoms with Crippen molar-refractivity contribution < 1.29 is 9.47 Å². The van der Waals surface area contributed by atoms with Crippen LogP contribution < -0.4 is 5.73 Å². The van der Waals surface area contributed by atoms with E-state index in [1.807, 2.05) is 11.8 Å². The fourth-order valence-electron chi connectivity index (χ4n) is 1.91. The summed E-state index contributed by atoms with van der Waals surface area (Å²) in [5.41, 5.74) is 5.91. The first-order chi connectivity index (χ1) is 8.79. The van der Waals surface area contributed by atoms with Crippen LogP contribution in [0.3, 0.4) is 0 Å². The standard InChI is InChI=1S/C13H30N2O2S/c1-4-18-11-6-13(12-14)15(8-10-17-3)7-5-9-16-2/h13H,4-12,14H2,1-3H3. The van der Waals surface area contributed by atoms with Crippen LogP contribution in [0.1, 0.15) is 19.8 Å². The van der Waals surface area contributed by atoms with Gasteiger partial charge in [0.2, 0.25) is 0 Å². The van der Waals surface area contributed by atoms with E-state index in [-0.39, 0.29) is 0 Å². The van der Waals surface area contributed by atoms with Gasteiger partial charge in [-0.05, 0) is 24.3 Å². The van der Waals surface area contributed by atoms with Gasteiger partial charge in [-0.2, -0.15) is 11.8 Å². The van der Waals surface area contributed by atoms with Gasteiger partial charge in [0.15, 0.2) is 0 Å². The molecule has 0 aliphatic rings. The minimum Gasteiger partial charge on any atom is -0.385 e. The zero-order valence-electron chi connectivity index (χ0n) is 12.2. The van der Waals surface area contributed by atoms with Gasteiger partial charge in [-0.1, -0.05) is 6.92 Å². The van der Waals surface area contributed by atoms with Gasteiger partial charge in [0.25, 0.3) is 0 Å². The molecule has 0 heterocycles. The monoisotopic (exact) mass is 278 g/mol. The highest BCUT2D eigenvalue weighted by Crippen LogP contribution is 2.10. The molecule has 2 N–H and O–H groups in total. The molecule has 1 atom stereocenters. The summed E-state index contributed by atoms with van der Waals surface area (Å²) < 4.78 is 10.3. The van der Waals surface area contributed by atoms with E-state index in [1.54, 1.807) is 14.2 Å². The molecule has 0 radical (unpaired) electrons. The predicted octanol–water partition coefficient (Wildman–Crippen LogP) is 1.44. The van der Waals surface area contributed by atoms with E-state index < -0.39 is 0 Å². The maximum atomic E-state index is 5.91. The van der Waals surface area contributed by atoms with Crippen LogP contribution in [0.25, 0.3) is 0 Å². The van der Waals surface area contributed by atoms with Gasteiger partial charge in [0.05, 0.1) is 6.61 Å². The Bertz CT molecular complexity index is 173. The lowest BCUT2D eigenvalue weighted by Gasteiger charge is -2.30. The van der Waals surface area contributed by atoms with Crippen molar-refractivity contribution in [1.82, 2.24) is 4.90 Å². The first-order valence-corrected chi connectivity index (χ1v) is 7.95. The first-order valence-electron chi connectivity index (χ1n) is 6.79. The lowest BCUT2D eigenvalue weighted by Crippen LogP contribution is -2.43. The SMILES string of the molecule is CCSCCC(CN)N(CCCOC)CCOC. The number of thioether (sulfide) groups is 1. The highest BCUT2D eigenvalue weighted by atomic mass is 32.2. The molecule has 0 rings (SSSR count). The summed E-state index contributed by atoms with van der Waals surface area (Å²) in [5.74, 6) is 2.37. The normalized spacial score (nSPS) is 13.2. The maximum absolute atomic E-state index is 5.91. The minimum absolute atomic E-state index is 0.469. The number of hydrogen-bond donors (Lipinski definition) is 1. The second-order valence-electron chi connectivity index (χ2n) is 4.25. The van der Waals surface area contributed by atoms with E-state index in [9.17, 15) is 0 Å². The second-order valence-corrected chi connectivity index (χ2v) is 5.64. The molecule has 110 valence electrons. The van der Waals surface area contributed by atoms with Crippen LogP contribution in [0.2, 0.25) is 0 Å². The largest absolute Gasteiger partial charge is 0.385 e. The van der Waals surface area contributed by atoms with Crippen molar-refractivity contribution in [3.63, 3.8) is 0 Å². The molecule has 0 aliphatic carbocycles. The minimum atomic E-state index is 0.469. The summed E-state index contributed by atoms with van der Waals surface area (Å²) in [7, 11) is 3.50. The number of methoxy groups -OCH3 is 2. The molecule has 0 amide bonds. The summed E-state index contributed by atoms with van der Waals surface area (Å²) in [5, 5.41) is 0. The number of nitrogens with zero attached hydrogens (tertiary/aromatic N) is 1. The van der Waals surface area contributed by atoms with Gasteiger partial charge < -0.3 is 15.2 Å². The average Bonchev–Trinajstić information content (AvgIpc) is 2.39. The van der Waals surface area contributed by atoms with Crippen molar-refractivity contribution in [2.45, 2.75) is 25.8 Å². The fraction of sp³-hybridized carbons (Fsp3) is 1.00. The Morgan fingerprint density at radius 1 is 1.17 bits per heavy atom. The average molecular weight is 278 g/mol. The molecule has 0 spiro atoms. The molecule has 5 heteroatoms. The van der Waals surface area contributed by atoms with Crippen LogP contribution in [0.15, 0.2) is 0 Å². The van der Waals surface area contributed by atoms with Gasteiger partial charge in [0.1, 0.15) is 0 Å². The molecule has 0 saturated heterocycles. The molecule has 4 nitrogen and oxygen atoms in total. The number of hydrogen-bond acceptors (Lipinski definition) is 5. The van der Waals surface area contributed by atoms with E-state index in [2.05, 4.69) is 11.8 Å². The smallest absolute Gasteiger partial charge is 0.0589 e. The number of nitrogens with two attached hydrogens (primary N) is 1. The molecular weight excluding hydrogens is 248 g/mol. The Kier molecular flexibility index (Phi) is 13.8. The maximum Gasteiger partial charge on any atom is 0.0589 e. The number of ether oxygens (including phenoxy) is 2. The van der Waals surface area contributed by atoms with Gasteiger partial charge >= 0.3 is 0 Å². The molecule has 0 aliphatic heterocycles. The first kappa shape index (κ1) is 18.2. The van der Waals surface area contributed by atoms with E-state index >= 15 is 0 Å². The topological polar surface area (TPSA) is 47.7 Å². The van der Waals surface area contributed by atoms with E-state index in [4.69, 9.17) is 15.2 Å². The highest BCUT2D eigenvalue weighted by Gasteiger charge is 2.16. The van der Waals surface area contributed by atoms with Gasteiger partial charge in [-0.25, -0.2) is 0 Å².